The molecule has 3 unspecified atom stereocenters. The second kappa shape index (κ2) is 43.0. The van der Waals surface area contributed by atoms with Crippen LogP contribution < -0.4 is 0 Å². The minimum absolute atomic E-state index is 0.349. The third kappa shape index (κ3) is 43.0. The van der Waals surface area contributed by atoms with E-state index in [1.54, 1.807) is 0 Å². The van der Waals surface area contributed by atoms with Crippen LogP contribution in [0.4, 0.5) is 0 Å². The van der Waals surface area contributed by atoms with Crippen LogP contribution >= 0.6 is 0 Å². The van der Waals surface area contributed by atoms with Gasteiger partial charge in [0.05, 0.1) is 12.2 Å². The van der Waals surface area contributed by atoms with E-state index < -0.39 is 0 Å². The molecule has 0 fully saturated rings. The van der Waals surface area contributed by atoms with E-state index in [-0.39, 0.29) is 0 Å². The highest BCUT2D eigenvalue weighted by molar-refractivity contribution is 4.93. The Hall–Kier alpha value is -1.12. The lowest BCUT2D eigenvalue weighted by Crippen LogP contribution is -2.28. The Labute approximate surface area is 311 Å². The first-order chi connectivity index (χ1) is 23.9. The highest BCUT2D eigenvalue weighted by Crippen LogP contribution is 2.24. The van der Waals surface area contributed by atoms with Crippen LogP contribution in [0.3, 0.4) is 0 Å². The highest BCUT2D eigenvalue weighted by atomic mass is 16.5. The van der Waals surface area contributed by atoms with E-state index in [0.29, 0.717) is 18.1 Å². The second-order valence-corrected chi connectivity index (χ2v) is 15.1. The van der Waals surface area contributed by atoms with Crippen molar-refractivity contribution in [2.24, 2.45) is 5.92 Å². The fourth-order valence-electron chi connectivity index (χ4n) is 5.91. The SMILES string of the molecule is CCCC.CCCCC/C=C/C/C=C/CCCCCCCC(C)C(CCCCCCC/C=C/C/C=C/CCCCC)OC(C)CCN(C)C. The predicted molar refractivity (Wildman–Crippen MR) is 226 cm³/mol. The average Bonchev–Trinajstić information content (AvgIpc) is 3.10. The molecule has 3 atom stereocenters. The second-order valence-electron chi connectivity index (χ2n) is 15.1. The fraction of sp³-hybridized carbons (Fsp3) is 0.830. The van der Waals surface area contributed by atoms with Gasteiger partial charge in [-0.3, -0.25) is 0 Å². The molecule has 0 saturated heterocycles. The molecular weight excluding hydrogens is 595 g/mol. The minimum atomic E-state index is 0.349. The third-order valence-corrected chi connectivity index (χ3v) is 9.57. The molecule has 49 heavy (non-hydrogen) atoms. The van der Waals surface area contributed by atoms with E-state index in [4.69, 9.17) is 4.74 Å². The average molecular weight is 686 g/mol. The summed E-state index contributed by atoms with van der Waals surface area (Å²) in [6.07, 6.45) is 54.8. The molecule has 0 aliphatic heterocycles. The molecule has 0 aromatic rings. The molecule has 2 heteroatoms. The standard InChI is InChI=1S/C43H81NO.C4H10/c1-7-9-11-13-15-17-19-21-23-25-27-29-31-33-35-37-41(3)43(45-42(4)39-40-44(5)6)38-36-34-32-30-28-26-24-22-20-18-16-14-12-10-8-2;1-3-4-2/h15-18,21-24,41-43H,7-14,19-20,25-40H2,1-6H3;3-4H2,1-2H3/b17-15+,18-16+,23-21+,24-22+;. The Bertz CT molecular complexity index is 718. The summed E-state index contributed by atoms with van der Waals surface area (Å²) < 4.78 is 6.70. The number of unbranched alkanes of at least 4 members (excludes halogenated alkanes) is 17. The van der Waals surface area contributed by atoms with Crippen LogP contribution in [0.2, 0.25) is 0 Å². The molecule has 0 aromatic heterocycles. The van der Waals surface area contributed by atoms with E-state index in [1.165, 1.54) is 154 Å². The number of nitrogens with zero attached hydrogens (tertiary/aromatic N) is 1. The zero-order valence-electron chi connectivity index (χ0n) is 35.0. The van der Waals surface area contributed by atoms with Gasteiger partial charge in [0.15, 0.2) is 0 Å². The summed E-state index contributed by atoms with van der Waals surface area (Å²) in [4.78, 5) is 2.28. The van der Waals surface area contributed by atoms with Gasteiger partial charge in [-0.05, 0) is 117 Å². The zero-order chi connectivity index (χ0) is 36.5. The first-order valence-electron chi connectivity index (χ1n) is 21.8. The number of hydrogen-bond acceptors (Lipinski definition) is 2. The molecular formula is C47H91NO. The third-order valence-electron chi connectivity index (χ3n) is 9.57. The molecule has 0 rings (SSSR count). The van der Waals surface area contributed by atoms with Crippen molar-refractivity contribution in [1.29, 1.82) is 0 Å². The normalized spacial score (nSPS) is 14.1. The lowest BCUT2D eigenvalue weighted by atomic mass is 9.92. The molecule has 0 spiro atoms. The van der Waals surface area contributed by atoms with Crippen molar-refractivity contribution in [3.8, 4) is 0 Å². The summed E-state index contributed by atoms with van der Waals surface area (Å²) >= 11 is 0. The van der Waals surface area contributed by atoms with E-state index in [0.717, 1.165) is 25.8 Å². The zero-order valence-corrected chi connectivity index (χ0v) is 35.0. The molecule has 2 nitrogen and oxygen atoms in total. The van der Waals surface area contributed by atoms with Crippen LogP contribution in [0.15, 0.2) is 48.6 Å². The molecule has 0 aliphatic rings. The van der Waals surface area contributed by atoms with Gasteiger partial charge in [0, 0.05) is 0 Å². The van der Waals surface area contributed by atoms with Crippen molar-refractivity contribution in [3.05, 3.63) is 48.6 Å². The van der Waals surface area contributed by atoms with Crippen molar-refractivity contribution >= 4 is 0 Å². The summed E-state index contributed by atoms with van der Waals surface area (Å²) in [6.45, 7) is 14.8. The molecule has 290 valence electrons. The lowest BCUT2D eigenvalue weighted by molar-refractivity contribution is -0.0433. The number of allylic oxidation sites excluding steroid dienone is 8. The van der Waals surface area contributed by atoms with Gasteiger partial charge in [0.25, 0.3) is 0 Å². The smallest absolute Gasteiger partial charge is 0.0604 e. The van der Waals surface area contributed by atoms with Crippen LogP contribution in [-0.2, 0) is 4.74 Å². The van der Waals surface area contributed by atoms with Gasteiger partial charge in [0.2, 0.25) is 0 Å². The predicted octanol–water partition coefficient (Wildman–Crippen LogP) is 15.8. The summed E-state index contributed by atoms with van der Waals surface area (Å²) in [7, 11) is 4.33. The van der Waals surface area contributed by atoms with Gasteiger partial charge in [-0.1, -0.05) is 173 Å². The van der Waals surface area contributed by atoms with Crippen molar-refractivity contribution in [3.63, 3.8) is 0 Å². The number of ether oxygens (including phenoxy) is 1. The Kier molecular flexibility index (Phi) is 43.9. The Morgan fingerprint density at radius 2 is 0.816 bits per heavy atom. The quantitative estimate of drug-likeness (QED) is 0.0486. The summed E-state index contributed by atoms with van der Waals surface area (Å²) in [5.41, 5.74) is 0. The molecule has 0 aliphatic carbocycles. The molecule has 0 aromatic carbocycles. The maximum absolute atomic E-state index is 6.70. The number of hydrogen-bond donors (Lipinski definition) is 0. The van der Waals surface area contributed by atoms with Crippen molar-refractivity contribution < 1.29 is 4.74 Å². The van der Waals surface area contributed by atoms with Gasteiger partial charge in [-0.25, -0.2) is 0 Å². The van der Waals surface area contributed by atoms with Gasteiger partial charge in [0.1, 0.15) is 0 Å². The lowest BCUT2D eigenvalue weighted by Gasteiger charge is -2.28. The van der Waals surface area contributed by atoms with Crippen molar-refractivity contribution in [2.45, 2.75) is 227 Å². The van der Waals surface area contributed by atoms with Crippen molar-refractivity contribution in [1.82, 2.24) is 4.90 Å². The first-order valence-corrected chi connectivity index (χ1v) is 21.8. The summed E-state index contributed by atoms with van der Waals surface area (Å²) in [5.74, 6) is 0.663. The topological polar surface area (TPSA) is 12.5 Å². The first kappa shape index (κ1) is 50.0. The van der Waals surface area contributed by atoms with Gasteiger partial charge in [-0.15, -0.1) is 0 Å². The van der Waals surface area contributed by atoms with Crippen LogP contribution in [0.25, 0.3) is 0 Å². The maximum Gasteiger partial charge on any atom is 0.0604 e. The van der Waals surface area contributed by atoms with Crippen LogP contribution in [0, 0.1) is 5.92 Å². The molecule has 0 saturated carbocycles. The van der Waals surface area contributed by atoms with Crippen LogP contribution in [0.5, 0.6) is 0 Å². The molecule has 0 bridgehead atoms. The van der Waals surface area contributed by atoms with E-state index in [9.17, 15) is 0 Å². The van der Waals surface area contributed by atoms with Crippen molar-refractivity contribution in [2.75, 3.05) is 20.6 Å². The Morgan fingerprint density at radius 3 is 1.22 bits per heavy atom. The Balaban J connectivity index is 0. The van der Waals surface area contributed by atoms with E-state index in [2.05, 4.69) is 109 Å². The van der Waals surface area contributed by atoms with E-state index >= 15 is 0 Å². The highest BCUT2D eigenvalue weighted by Gasteiger charge is 2.20. The maximum atomic E-state index is 6.70. The number of rotatable bonds is 35. The largest absolute Gasteiger partial charge is 0.375 e. The van der Waals surface area contributed by atoms with Crippen LogP contribution in [0.1, 0.15) is 215 Å². The Morgan fingerprint density at radius 1 is 0.429 bits per heavy atom. The minimum Gasteiger partial charge on any atom is -0.375 e. The molecule has 0 N–H and O–H groups in total. The van der Waals surface area contributed by atoms with Gasteiger partial charge < -0.3 is 9.64 Å². The van der Waals surface area contributed by atoms with Gasteiger partial charge in [-0.2, -0.15) is 0 Å². The van der Waals surface area contributed by atoms with Gasteiger partial charge >= 0.3 is 0 Å². The monoisotopic (exact) mass is 686 g/mol. The molecule has 0 radical (unpaired) electrons. The summed E-state index contributed by atoms with van der Waals surface area (Å²) in [6, 6.07) is 0. The molecule has 0 amide bonds. The van der Waals surface area contributed by atoms with Crippen LogP contribution in [-0.4, -0.2) is 37.7 Å². The fourth-order valence-corrected chi connectivity index (χ4v) is 5.91. The van der Waals surface area contributed by atoms with E-state index in [1.807, 2.05) is 0 Å². The molecule has 0 heterocycles. The summed E-state index contributed by atoms with van der Waals surface area (Å²) in [5, 5.41) is 0.